The van der Waals surface area contributed by atoms with Gasteiger partial charge in [0.25, 0.3) is 15.9 Å². The lowest BCUT2D eigenvalue weighted by molar-refractivity contribution is 0.0935. The molecule has 0 bridgehead atoms. The van der Waals surface area contributed by atoms with Crippen molar-refractivity contribution in [2.45, 2.75) is 37.6 Å². The summed E-state index contributed by atoms with van der Waals surface area (Å²) in [5.41, 5.74) is 1.77. The summed E-state index contributed by atoms with van der Waals surface area (Å²) in [6.07, 6.45) is 1.77. The summed E-state index contributed by atoms with van der Waals surface area (Å²) in [6, 6.07) is 13.7. The van der Waals surface area contributed by atoms with E-state index < -0.39 is 10.0 Å². The van der Waals surface area contributed by atoms with Gasteiger partial charge < -0.3 is 10.6 Å². The van der Waals surface area contributed by atoms with Gasteiger partial charge >= 0.3 is 0 Å². The number of hydrogen-bond donors (Lipinski definition) is 2. The summed E-state index contributed by atoms with van der Waals surface area (Å²) >= 11 is 0. The molecule has 2 aromatic rings. The molecule has 0 atom stereocenters. The average Bonchev–Trinajstić information content (AvgIpc) is 2.91. The van der Waals surface area contributed by atoms with Crippen LogP contribution in [0.2, 0.25) is 0 Å². The molecule has 136 valence electrons. The van der Waals surface area contributed by atoms with Crippen molar-refractivity contribution in [2.75, 3.05) is 5.32 Å². The number of sulfonamides is 1. The van der Waals surface area contributed by atoms with Crippen LogP contribution >= 0.6 is 0 Å². The number of fused-ring (bicyclic) bond motifs is 1. The third-order valence-electron chi connectivity index (χ3n) is 4.36. The molecule has 7 heteroatoms. The van der Waals surface area contributed by atoms with Crippen molar-refractivity contribution in [2.24, 2.45) is 4.40 Å². The first-order valence-corrected chi connectivity index (χ1v) is 10.0. The second-order valence-corrected chi connectivity index (χ2v) is 7.67. The number of nitrogens with zero attached hydrogens (tertiary/aromatic N) is 1. The lowest BCUT2D eigenvalue weighted by Crippen LogP contribution is -2.33. The molecule has 6 nitrogen and oxygen atoms in total. The molecule has 0 saturated heterocycles. The van der Waals surface area contributed by atoms with Crippen LogP contribution in [0, 0.1) is 0 Å². The molecule has 1 aliphatic rings. The van der Waals surface area contributed by atoms with E-state index in [2.05, 4.69) is 15.0 Å². The van der Waals surface area contributed by atoms with Crippen LogP contribution in [0.5, 0.6) is 0 Å². The van der Waals surface area contributed by atoms with Crippen molar-refractivity contribution in [3.8, 4) is 0 Å². The molecule has 2 N–H and O–H groups in total. The number of carbonyl (C=O) groups excluding carboxylic acids is 1. The fraction of sp³-hybridized carbons (Fsp3) is 0.263. The minimum atomic E-state index is -3.65. The summed E-state index contributed by atoms with van der Waals surface area (Å²) in [6.45, 7) is 4.07. The van der Waals surface area contributed by atoms with E-state index in [9.17, 15) is 13.2 Å². The second kappa shape index (κ2) is 7.29. The van der Waals surface area contributed by atoms with Crippen LogP contribution in [0.3, 0.4) is 0 Å². The summed E-state index contributed by atoms with van der Waals surface area (Å²) in [5.74, 6) is 0.172. The van der Waals surface area contributed by atoms with Crippen LogP contribution in [0.1, 0.15) is 42.6 Å². The zero-order valence-electron chi connectivity index (χ0n) is 14.7. The minimum absolute atomic E-state index is 0.114. The Labute approximate surface area is 153 Å². The van der Waals surface area contributed by atoms with Gasteiger partial charge in [-0.15, -0.1) is 4.40 Å². The number of rotatable bonds is 5. The van der Waals surface area contributed by atoms with E-state index in [0.717, 1.165) is 12.8 Å². The van der Waals surface area contributed by atoms with Gasteiger partial charge in [0.15, 0.2) is 5.84 Å². The molecule has 1 amide bonds. The first-order chi connectivity index (χ1) is 12.4. The Hall–Kier alpha value is -2.67. The van der Waals surface area contributed by atoms with Gasteiger partial charge in [-0.25, -0.2) is 0 Å². The molecule has 0 radical (unpaired) electrons. The Morgan fingerprint density at radius 1 is 1.04 bits per heavy atom. The Balaban J connectivity index is 1.76. The first-order valence-electron chi connectivity index (χ1n) is 8.57. The maximum Gasteiger partial charge on any atom is 0.285 e. The molecule has 0 saturated carbocycles. The van der Waals surface area contributed by atoms with Gasteiger partial charge in [0.2, 0.25) is 0 Å². The van der Waals surface area contributed by atoms with Crippen molar-refractivity contribution in [1.82, 2.24) is 5.32 Å². The molecule has 0 unspecified atom stereocenters. The lowest BCUT2D eigenvalue weighted by atomic mass is 10.1. The van der Waals surface area contributed by atoms with E-state index in [-0.39, 0.29) is 22.7 Å². The van der Waals surface area contributed by atoms with Crippen LogP contribution in [-0.2, 0) is 10.0 Å². The quantitative estimate of drug-likeness (QED) is 0.845. The van der Waals surface area contributed by atoms with Crippen LogP contribution in [0.15, 0.2) is 57.8 Å². The minimum Gasteiger partial charge on any atom is -0.349 e. The predicted octanol–water partition coefficient (Wildman–Crippen LogP) is 3.17. The number of nitrogens with one attached hydrogen (secondary N) is 2. The van der Waals surface area contributed by atoms with E-state index in [1.54, 1.807) is 42.5 Å². The molecule has 0 aromatic heterocycles. The molecule has 1 aliphatic heterocycles. The monoisotopic (exact) mass is 371 g/mol. The summed E-state index contributed by atoms with van der Waals surface area (Å²) in [7, 11) is -3.65. The van der Waals surface area contributed by atoms with Gasteiger partial charge in [0, 0.05) is 22.9 Å². The molecule has 2 aromatic carbocycles. The standard InChI is InChI=1S/C19H21N3O3S/c1-3-14(4-2)21-19(23)13-9-11-15(12-10-13)20-18-16-7-5-6-8-17(16)26(24,25)22-18/h5-12,14H,3-4H2,1-2H3,(H,20,22)(H,21,23). The topological polar surface area (TPSA) is 87.6 Å². The van der Waals surface area contributed by atoms with Gasteiger partial charge in [-0.1, -0.05) is 26.0 Å². The third kappa shape index (κ3) is 3.62. The highest BCUT2D eigenvalue weighted by Gasteiger charge is 2.28. The Bertz CT molecular complexity index is 946. The van der Waals surface area contributed by atoms with Crippen molar-refractivity contribution in [3.05, 3.63) is 59.7 Å². The summed E-state index contributed by atoms with van der Waals surface area (Å²) < 4.78 is 28.0. The normalized spacial score (nSPS) is 14.7. The Morgan fingerprint density at radius 3 is 2.35 bits per heavy atom. The lowest BCUT2D eigenvalue weighted by Gasteiger charge is -2.15. The van der Waals surface area contributed by atoms with Crippen molar-refractivity contribution < 1.29 is 13.2 Å². The van der Waals surface area contributed by atoms with E-state index in [1.807, 2.05) is 13.8 Å². The van der Waals surface area contributed by atoms with Gasteiger partial charge in [0.1, 0.15) is 4.90 Å². The fourth-order valence-electron chi connectivity index (χ4n) is 2.80. The van der Waals surface area contributed by atoms with Crippen LogP contribution in [0.4, 0.5) is 5.69 Å². The van der Waals surface area contributed by atoms with E-state index in [0.29, 0.717) is 16.8 Å². The largest absolute Gasteiger partial charge is 0.349 e. The molecule has 0 spiro atoms. The predicted molar refractivity (Wildman–Crippen MR) is 102 cm³/mol. The SMILES string of the molecule is CCC(CC)NC(=O)c1ccc(NC2=NS(=O)(=O)c3ccccc32)cc1. The Morgan fingerprint density at radius 2 is 1.69 bits per heavy atom. The molecule has 1 heterocycles. The summed E-state index contributed by atoms with van der Waals surface area (Å²) in [5, 5.41) is 6.01. The number of benzene rings is 2. The number of amides is 1. The molecular formula is C19H21N3O3S. The van der Waals surface area contributed by atoms with Gasteiger partial charge in [0.05, 0.1) is 0 Å². The van der Waals surface area contributed by atoms with Crippen molar-refractivity contribution in [1.29, 1.82) is 0 Å². The van der Waals surface area contributed by atoms with Crippen molar-refractivity contribution >= 4 is 27.5 Å². The highest BCUT2D eigenvalue weighted by molar-refractivity contribution is 7.90. The van der Waals surface area contributed by atoms with E-state index in [4.69, 9.17) is 0 Å². The van der Waals surface area contributed by atoms with Gasteiger partial charge in [-0.2, -0.15) is 8.42 Å². The van der Waals surface area contributed by atoms with Crippen LogP contribution in [-0.4, -0.2) is 26.2 Å². The first kappa shape index (κ1) is 18.1. The molecule has 3 rings (SSSR count). The number of anilines is 1. The van der Waals surface area contributed by atoms with Crippen molar-refractivity contribution in [3.63, 3.8) is 0 Å². The van der Waals surface area contributed by atoms with Gasteiger partial charge in [-0.3, -0.25) is 4.79 Å². The number of hydrogen-bond acceptors (Lipinski definition) is 4. The molecule has 26 heavy (non-hydrogen) atoms. The fourth-order valence-corrected chi connectivity index (χ4v) is 3.97. The summed E-state index contributed by atoms with van der Waals surface area (Å²) in [4.78, 5) is 12.4. The molecular weight excluding hydrogens is 350 g/mol. The number of carbonyl (C=O) groups is 1. The van der Waals surface area contributed by atoms with Crippen LogP contribution in [0.25, 0.3) is 0 Å². The molecule has 0 aliphatic carbocycles. The maximum absolute atomic E-state index is 12.2. The molecule has 0 fully saturated rings. The van der Waals surface area contributed by atoms with Crippen LogP contribution < -0.4 is 10.6 Å². The van der Waals surface area contributed by atoms with Gasteiger partial charge in [-0.05, 0) is 49.2 Å². The zero-order chi connectivity index (χ0) is 18.7. The van der Waals surface area contributed by atoms with E-state index in [1.165, 1.54) is 6.07 Å². The highest BCUT2D eigenvalue weighted by atomic mass is 32.2. The van der Waals surface area contributed by atoms with E-state index >= 15 is 0 Å². The zero-order valence-corrected chi connectivity index (χ0v) is 15.5. The average molecular weight is 371 g/mol. The highest BCUT2D eigenvalue weighted by Crippen LogP contribution is 2.26. The second-order valence-electron chi connectivity index (χ2n) is 6.10. The Kier molecular flexibility index (Phi) is 5.08. The maximum atomic E-state index is 12.2. The smallest absolute Gasteiger partial charge is 0.285 e. The number of amidine groups is 1. The third-order valence-corrected chi connectivity index (χ3v) is 5.70.